The van der Waals surface area contributed by atoms with E-state index in [1.54, 1.807) is 0 Å². The molecule has 1 aromatic carbocycles. The molecule has 0 spiro atoms. The maximum atomic E-state index is 10.2. The van der Waals surface area contributed by atoms with Crippen molar-refractivity contribution in [3.05, 3.63) is 47.9 Å². The number of aromatic nitrogens is 2. The van der Waals surface area contributed by atoms with Crippen molar-refractivity contribution in [3.8, 4) is 0 Å². The molecule has 0 amide bonds. The van der Waals surface area contributed by atoms with Crippen LogP contribution in [-0.4, -0.2) is 67.4 Å². The molecule has 1 fully saturated rings. The second-order valence-electron chi connectivity index (χ2n) is 6.80. The highest BCUT2D eigenvalue weighted by atomic mass is 16.7. The van der Waals surface area contributed by atoms with Gasteiger partial charge in [-0.25, -0.2) is 10.0 Å². The molecule has 1 aromatic heterocycles. The zero-order valence-electron chi connectivity index (χ0n) is 15.3. The number of fused-ring (bicyclic) bond motifs is 1. The van der Waals surface area contributed by atoms with Crippen molar-refractivity contribution in [1.82, 2.24) is 14.6 Å². The first kappa shape index (κ1) is 18.8. The molecule has 2 aliphatic rings. The first-order valence-electron chi connectivity index (χ1n) is 9.02. The molecule has 10 nitrogen and oxygen atoms in total. The maximum Gasteiger partial charge on any atom is 0.177 e. The van der Waals surface area contributed by atoms with Crippen molar-refractivity contribution in [2.75, 3.05) is 18.6 Å². The third-order valence-corrected chi connectivity index (χ3v) is 5.00. The molecular weight excluding hydrogens is 366 g/mol. The Morgan fingerprint density at radius 1 is 1.32 bits per heavy atom. The third-order valence-electron chi connectivity index (χ3n) is 5.00. The zero-order chi connectivity index (χ0) is 19.8. The zero-order valence-corrected chi connectivity index (χ0v) is 15.3. The molecule has 0 aliphatic carbocycles. The molecule has 0 radical (unpaired) electrons. The van der Waals surface area contributed by atoms with Crippen LogP contribution in [0.15, 0.2) is 36.7 Å². The molecule has 0 saturated carbocycles. The van der Waals surface area contributed by atoms with Gasteiger partial charge in [-0.2, -0.15) is 0 Å². The number of imidazole rings is 1. The number of hydrogen-bond donors (Lipinski definition) is 5. The van der Waals surface area contributed by atoms with Gasteiger partial charge in [0.1, 0.15) is 42.6 Å². The Kier molecular flexibility index (Phi) is 5.04. The lowest BCUT2D eigenvalue weighted by atomic mass is 10.1. The van der Waals surface area contributed by atoms with Crippen molar-refractivity contribution >= 4 is 11.7 Å². The number of ether oxygens (including phenoxy) is 1. The highest BCUT2D eigenvalue weighted by Crippen LogP contribution is 2.34. The van der Waals surface area contributed by atoms with E-state index in [1.807, 2.05) is 37.3 Å². The molecule has 150 valence electrons. The van der Waals surface area contributed by atoms with E-state index in [0.717, 1.165) is 5.56 Å². The largest absolute Gasteiger partial charge is 0.394 e. The smallest absolute Gasteiger partial charge is 0.177 e. The molecule has 28 heavy (non-hydrogen) atoms. The number of benzene rings is 1. The molecule has 0 bridgehead atoms. The summed E-state index contributed by atoms with van der Waals surface area (Å²) in [5, 5.41) is 42.4. The predicted octanol–water partition coefficient (Wildman–Crippen LogP) is 0.198. The van der Waals surface area contributed by atoms with Gasteiger partial charge >= 0.3 is 0 Å². The minimum absolute atomic E-state index is 0.0713. The Morgan fingerprint density at radius 3 is 2.75 bits per heavy atom. The monoisotopic (exact) mass is 389 g/mol. The van der Waals surface area contributed by atoms with E-state index in [1.165, 1.54) is 16.0 Å². The summed E-state index contributed by atoms with van der Waals surface area (Å²) in [6.45, 7) is 1.69. The molecule has 5 atom stereocenters. The van der Waals surface area contributed by atoms with Gasteiger partial charge < -0.3 is 25.4 Å². The van der Waals surface area contributed by atoms with Gasteiger partial charge in [0.05, 0.1) is 12.9 Å². The van der Waals surface area contributed by atoms with Gasteiger partial charge in [0, 0.05) is 0 Å². The van der Waals surface area contributed by atoms with Gasteiger partial charge in [-0.05, 0) is 12.5 Å². The van der Waals surface area contributed by atoms with Gasteiger partial charge in [0.15, 0.2) is 12.1 Å². The number of rotatable bonds is 5. The molecular formula is C18H23N5O5. The Morgan fingerprint density at radius 2 is 2.07 bits per heavy atom. The molecule has 4 rings (SSSR count). The van der Waals surface area contributed by atoms with Crippen LogP contribution in [0.3, 0.4) is 0 Å². The first-order chi connectivity index (χ1) is 13.5. The van der Waals surface area contributed by atoms with Crippen molar-refractivity contribution in [2.24, 2.45) is 0 Å². The average molecular weight is 389 g/mol. The van der Waals surface area contributed by atoms with Crippen LogP contribution in [0.25, 0.3) is 0 Å². The minimum atomic E-state index is -1.22. The first-order valence-corrected chi connectivity index (χ1v) is 9.02. The molecule has 1 saturated heterocycles. The van der Waals surface area contributed by atoms with E-state index < -0.39 is 31.1 Å². The number of aliphatic hydroxyl groups excluding tert-OH is 3. The standard InChI is InChI=1S/C18H23N5O5/c1-10(11-5-3-2-4-6-11)28-23-9-21-17-13(16(23)19)20-8-22(17)18-15(26)14(25)12(7-24)27-18/h2-6,8,10,12,14-15,18-19,21,24-26H,7,9H2,1H3/t10?,12-,14-,15-,18-/m1/s1. The fourth-order valence-electron chi connectivity index (χ4n) is 3.42. The normalized spacial score (nSPS) is 28.1. The molecule has 1 unspecified atom stereocenters. The minimum Gasteiger partial charge on any atom is -0.394 e. The predicted molar refractivity (Wildman–Crippen MR) is 98.3 cm³/mol. The van der Waals surface area contributed by atoms with Crippen LogP contribution in [0.2, 0.25) is 0 Å². The summed E-state index contributed by atoms with van der Waals surface area (Å²) in [5.74, 6) is 0.550. The second-order valence-corrected chi connectivity index (χ2v) is 6.80. The third kappa shape index (κ3) is 3.15. The maximum absolute atomic E-state index is 10.2. The van der Waals surface area contributed by atoms with E-state index in [9.17, 15) is 15.3 Å². The van der Waals surface area contributed by atoms with Crippen LogP contribution in [0.4, 0.5) is 5.82 Å². The summed E-state index contributed by atoms with van der Waals surface area (Å²) in [6, 6.07) is 9.68. The highest BCUT2D eigenvalue weighted by Gasteiger charge is 2.45. The van der Waals surface area contributed by atoms with Crippen LogP contribution < -0.4 is 5.32 Å². The number of nitrogens with zero attached hydrogens (tertiary/aromatic N) is 3. The van der Waals surface area contributed by atoms with Gasteiger partial charge in [0.25, 0.3) is 0 Å². The molecule has 10 heteroatoms. The molecule has 5 N–H and O–H groups in total. The molecule has 3 heterocycles. The van der Waals surface area contributed by atoms with Crippen molar-refractivity contribution in [2.45, 2.75) is 37.6 Å². The fourth-order valence-corrected chi connectivity index (χ4v) is 3.42. The Hall–Kier alpha value is -2.50. The van der Waals surface area contributed by atoms with E-state index in [4.69, 9.17) is 15.0 Å². The average Bonchev–Trinajstić information content (AvgIpc) is 3.26. The van der Waals surface area contributed by atoms with Crippen LogP contribution >= 0.6 is 0 Å². The lowest BCUT2D eigenvalue weighted by Gasteiger charge is -2.32. The van der Waals surface area contributed by atoms with Gasteiger partial charge in [-0.15, -0.1) is 0 Å². The van der Waals surface area contributed by atoms with E-state index in [2.05, 4.69) is 10.3 Å². The lowest BCUT2D eigenvalue weighted by Crippen LogP contribution is -2.41. The van der Waals surface area contributed by atoms with Crippen LogP contribution in [0, 0.1) is 5.41 Å². The van der Waals surface area contributed by atoms with Gasteiger partial charge in [-0.3, -0.25) is 14.8 Å². The highest BCUT2D eigenvalue weighted by molar-refractivity contribution is 5.99. The summed E-state index contributed by atoms with van der Waals surface area (Å²) in [5.41, 5.74) is 1.32. The fraction of sp³-hybridized carbons (Fsp3) is 0.444. The summed E-state index contributed by atoms with van der Waals surface area (Å²) in [6.07, 6.45) is -3.06. The summed E-state index contributed by atoms with van der Waals surface area (Å²) >= 11 is 0. The second kappa shape index (κ2) is 7.49. The SMILES string of the molecule is CC(ON1CNc2c(ncn2[C@@H]2O[C@H](CO)[C@@H](O)[C@H]2O)C1=N)c1ccccc1. The van der Waals surface area contributed by atoms with Gasteiger partial charge in [-0.1, -0.05) is 30.3 Å². The number of hydrogen-bond acceptors (Lipinski definition) is 8. The number of hydroxylamine groups is 2. The lowest BCUT2D eigenvalue weighted by molar-refractivity contribution is -0.139. The summed E-state index contributed by atoms with van der Waals surface area (Å²) < 4.78 is 7.07. The van der Waals surface area contributed by atoms with E-state index in [0.29, 0.717) is 11.5 Å². The van der Waals surface area contributed by atoms with E-state index >= 15 is 0 Å². The van der Waals surface area contributed by atoms with Crippen LogP contribution in [0.1, 0.15) is 30.5 Å². The number of aliphatic hydroxyl groups is 3. The van der Waals surface area contributed by atoms with Crippen LogP contribution in [0.5, 0.6) is 0 Å². The van der Waals surface area contributed by atoms with E-state index in [-0.39, 0.29) is 18.6 Å². The van der Waals surface area contributed by atoms with Crippen molar-refractivity contribution in [3.63, 3.8) is 0 Å². The number of amidine groups is 1. The Labute approximate surface area is 161 Å². The van der Waals surface area contributed by atoms with Crippen LogP contribution in [-0.2, 0) is 9.57 Å². The molecule has 2 aromatic rings. The number of nitrogens with one attached hydrogen (secondary N) is 2. The Balaban J connectivity index is 1.51. The molecule has 2 aliphatic heterocycles. The summed E-state index contributed by atoms with van der Waals surface area (Å²) in [4.78, 5) is 10.1. The Bertz CT molecular complexity index is 844. The summed E-state index contributed by atoms with van der Waals surface area (Å²) in [7, 11) is 0. The van der Waals surface area contributed by atoms with Crippen molar-refractivity contribution in [1.29, 1.82) is 5.41 Å². The topological polar surface area (TPSA) is 136 Å². The van der Waals surface area contributed by atoms with Gasteiger partial charge in [0.2, 0.25) is 0 Å². The quantitative estimate of drug-likeness (QED) is 0.489. The van der Waals surface area contributed by atoms with Crippen molar-refractivity contribution < 1.29 is 24.9 Å². The number of anilines is 1.